The van der Waals surface area contributed by atoms with E-state index >= 15 is 0 Å². The molecular formula is C15H25BrN2. The number of hydrogen-bond acceptors (Lipinski definition) is 0. The zero-order valence-corrected chi connectivity index (χ0v) is 12.8. The number of rotatable bonds is 2. The lowest BCUT2D eigenvalue weighted by molar-refractivity contribution is -0.725. The van der Waals surface area contributed by atoms with Crippen molar-refractivity contribution in [3.63, 3.8) is 0 Å². The Bertz CT molecular complexity index is 317. The van der Waals surface area contributed by atoms with Gasteiger partial charge in [0.25, 0.3) is 0 Å². The molecule has 0 saturated heterocycles. The first-order chi connectivity index (χ1) is 8.43. The SMILES string of the molecule is [Br-].c1c[n+](C2CCCCC2)cn1C1CCCCC1. The van der Waals surface area contributed by atoms with Gasteiger partial charge in [-0.1, -0.05) is 12.8 Å². The molecule has 0 unspecified atom stereocenters. The van der Waals surface area contributed by atoms with Crippen molar-refractivity contribution in [3.05, 3.63) is 18.7 Å². The standard InChI is InChI=1S/C15H25N2.BrH/c1-3-7-14(8-4-1)16-11-12-17(13-16)15-9-5-2-6-10-15;/h11-15H,1-10H2;1H/q+1;/p-1. The van der Waals surface area contributed by atoms with Crippen molar-refractivity contribution in [2.75, 3.05) is 0 Å². The van der Waals surface area contributed by atoms with Crippen LogP contribution in [0.3, 0.4) is 0 Å². The molecule has 102 valence electrons. The largest absolute Gasteiger partial charge is 1.00 e. The summed E-state index contributed by atoms with van der Waals surface area (Å²) >= 11 is 0. The zero-order chi connectivity index (χ0) is 11.5. The normalized spacial score (nSPS) is 22.7. The zero-order valence-electron chi connectivity index (χ0n) is 11.2. The molecule has 2 aliphatic carbocycles. The Kier molecular flexibility index (Phi) is 5.28. The molecule has 0 amide bonds. The van der Waals surface area contributed by atoms with Crippen molar-refractivity contribution in [1.29, 1.82) is 0 Å². The average molecular weight is 313 g/mol. The van der Waals surface area contributed by atoms with E-state index < -0.39 is 0 Å². The van der Waals surface area contributed by atoms with Gasteiger partial charge in [-0.3, -0.25) is 0 Å². The molecule has 1 aromatic rings. The van der Waals surface area contributed by atoms with E-state index in [-0.39, 0.29) is 17.0 Å². The van der Waals surface area contributed by atoms with E-state index in [2.05, 4.69) is 27.9 Å². The Balaban J connectivity index is 0.00000120. The molecule has 0 spiro atoms. The maximum atomic E-state index is 2.48. The summed E-state index contributed by atoms with van der Waals surface area (Å²) in [6, 6.07) is 1.57. The summed E-state index contributed by atoms with van der Waals surface area (Å²) in [5.74, 6) is 0. The fourth-order valence-electron chi connectivity index (χ4n) is 3.58. The predicted molar refractivity (Wildman–Crippen MR) is 68.9 cm³/mol. The topological polar surface area (TPSA) is 8.81 Å². The molecule has 3 rings (SSSR count). The van der Waals surface area contributed by atoms with Crippen molar-refractivity contribution in [2.45, 2.75) is 76.3 Å². The van der Waals surface area contributed by atoms with Gasteiger partial charge in [-0.25, -0.2) is 9.13 Å². The van der Waals surface area contributed by atoms with E-state index in [1.54, 1.807) is 0 Å². The van der Waals surface area contributed by atoms with Gasteiger partial charge in [0.15, 0.2) is 0 Å². The first kappa shape index (κ1) is 14.1. The van der Waals surface area contributed by atoms with Crippen LogP contribution in [-0.2, 0) is 0 Å². The number of aromatic nitrogens is 2. The Labute approximate surface area is 121 Å². The molecular weight excluding hydrogens is 288 g/mol. The number of halogens is 1. The molecule has 1 heterocycles. The summed E-state index contributed by atoms with van der Waals surface area (Å²) in [5, 5.41) is 0. The molecule has 3 heteroatoms. The Hall–Kier alpha value is -0.310. The monoisotopic (exact) mass is 312 g/mol. The van der Waals surface area contributed by atoms with Crippen molar-refractivity contribution in [3.8, 4) is 0 Å². The third kappa shape index (κ3) is 3.17. The minimum absolute atomic E-state index is 0. The van der Waals surface area contributed by atoms with Crippen molar-refractivity contribution < 1.29 is 21.5 Å². The Morgan fingerprint density at radius 2 is 1.44 bits per heavy atom. The Morgan fingerprint density at radius 3 is 2.11 bits per heavy atom. The smallest absolute Gasteiger partial charge is 0.244 e. The summed E-state index contributed by atoms with van der Waals surface area (Å²) in [4.78, 5) is 0. The first-order valence-corrected chi connectivity index (χ1v) is 7.52. The van der Waals surface area contributed by atoms with E-state index in [1.807, 2.05) is 0 Å². The Morgan fingerprint density at radius 1 is 0.833 bits per heavy atom. The van der Waals surface area contributed by atoms with Crippen LogP contribution in [0.5, 0.6) is 0 Å². The number of imidazole rings is 1. The van der Waals surface area contributed by atoms with Gasteiger partial charge < -0.3 is 17.0 Å². The summed E-state index contributed by atoms with van der Waals surface area (Å²) in [7, 11) is 0. The van der Waals surface area contributed by atoms with Crippen molar-refractivity contribution >= 4 is 0 Å². The van der Waals surface area contributed by atoms with Gasteiger partial charge in [0.2, 0.25) is 6.33 Å². The summed E-state index contributed by atoms with van der Waals surface area (Å²) < 4.78 is 4.96. The van der Waals surface area contributed by atoms with E-state index in [9.17, 15) is 0 Å². The van der Waals surface area contributed by atoms with E-state index in [1.165, 1.54) is 64.2 Å². The lowest BCUT2D eigenvalue weighted by Crippen LogP contribution is -3.00. The number of hydrogen-bond donors (Lipinski definition) is 0. The predicted octanol–water partition coefficient (Wildman–Crippen LogP) is 0.790. The quantitative estimate of drug-likeness (QED) is 0.714. The summed E-state index contributed by atoms with van der Waals surface area (Å²) in [6.07, 6.45) is 21.1. The molecule has 2 nitrogen and oxygen atoms in total. The molecule has 0 radical (unpaired) electrons. The second-order valence-corrected chi connectivity index (χ2v) is 5.89. The molecule has 18 heavy (non-hydrogen) atoms. The van der Waals surface area contributed by atoms with Crippen LogP contribution in [0.2, 0.25) is 0 Å². The van der Waals surface area contributed by atoms with Crippen LogP contribution in [0.4, 0.5) is 0 Å². The van der Waals surface area contributed by atoms with Gasteiger partial charge in [0, 0.05) is 0 Å². The van der Waals surface area contributed by atoms with Crippen LogP contribution >= 0.6 is 0 Å². The average Bonchev–Trinajstić information content (AvgIpc) is 2.90. The van der Waals surface area contributed by atoms with E-state index in [0.717, 1.165) is 12.1 Å². The van der Waals surface area contributed by atoms with Crippen LogP contribution in [0.15, 0.2) is 18.7 Å². The highest BCUT2D eigenvalue weighted by Crippen LogP contribution is 2.28. The highest BCUT2D eigenvalue weighted by molar-refractivity contribution is 4.78. The van der Waals surface area contributed by atoms with E-state index in [4.69, 9.17) is 0 Å². The van der Waals surface area contributed by atoms with Gasteiger partial charge >= 0.3 is 0 Å². The van der Waals surface area contributed by atoms with Crippen LogP contribution in [0, 0.1) is 0 Å². The highest BCUT2D eigenvalue weighted by atomic mass is 79.9. The third-order valence-electron chi connectivity index (χ3n) is 4.67. The molecule has 0 N–H and O–H groups in total. The second-order valence-electron chi connectivity index (χ2n) is 5.89. The van der Waals surface area contributed by atoms with Gasteiger partial charge in [0.05, 0.1) is 0 Å². The molecule has 0 atom stereocenters. The molecule has 0 bridgehead atoms. The van der Waals surface area contributed by atoms with E-state index in [0.29, 0.717) is 0 Å². The molecule has 2 aliphatic rings. The second kappa shape index (κ2) is 6.74. The van der Waals surface area contributed by atoms with Gasteiger partial charge in [0.1, 0.15) is 24.5 Å². The fraction of sp³-hybridized carbons (Fsp3) is 0.800. The summed E-state index contributed by atoms with van der Waals surface area (Å²) in [6.45, 7) is 0. The maximum absolute atomic E-state index is 2.48. The number of nitrogens with zero attached hydrogens (tertiary/aromatic N) is 2. The van der Waals surface area contributed by atoms with Gasteiger partial charge in [-0.2, -0.15) is 0 Å². The van der Waals surface area contributed by atoms with Crippen molar-refractivity contribution in [1.82, 2.24) is 4.57 Å². The van der Waals surface area contributed by atoms with Crippen molar-refractivity contribution in [2.24, 2.45) is 0 Å². The highest BCUT2D eigenvalue weighted by Gasteiger charge is 2.23. The molecule has 1 aromatic heterocycles. The van der Waals surface area contributed by atoms with Gasteiger partial charge in [-0.15, -0.1) is 0 Å². The molecule has 2 fully saturated rings. The van der Waals surface area contributed by atoms with Crippen LogP contribution < -0.4 is 21.5 Å². The molecule has 2 saturated carbocycles. The third-order valence-corrected chi connectivity index (χ3v) is 4.67. The lowest BCUT2D eigenvalue weighted by Gasteiger charge is -2.20. The molecule has 0 aromatic carbocycles. The lowest BCUT2D eigenvalue weighted by atomic mass is 9.95. The summed E-state index contributed by atoms with van der Waals surface area (Å²) in [5.41, 5.74) is 0. The fourth-order valence-corrected chi connectivity index (χ4v) is 3.58. The van der Waals surface area contributed by atoms with Gasteiger partial charge in [-0.05, 0) is 51.4 Å². The first-order valence-electron chi connectivity index (χ1n) is 7.52. The minimum atomic E-state index is 0. The minimum Gasteiger partial charge on any atom is -1.00 e. The van der Waals surface area contributed by atoms with Crippen LogP contribution in [0.25, 0.3) is 0 Å². The van der Waals surface area contributed by atoms with Crippen LogP contribution in [-0.4, -0.2) is 4.57 Å². The maximum Gasteiger partial charge on any atom is 0.244 e. The van der Waals surface area contributed by atoms with Crippen LogP contribution in [0.1, 0.15) is 76.3 Å². The molecule has 0 aliphatic heterocycles.